The molecule has 1 aliphatic rings. The monoisotopic (exact) mass is 598 g/mol. The minimum absolute atomic E-state index is 0.125. The van der Waals surface area contributed by atoms with E-state index >= 15 is 0 Å². The van der Waals surface area contributed by atoms with Crippen LogP contribution in [-0.2, 0) is 4.79 Å². The maximum Gasteiger partial charge on any atom is 0.270 e. The van der Waals surface area contributed by atoms with Gasteiger partial charge >= 0.3 is 0 Å². The van der Waals surface area contributed by atoms with Gasteiger partial charge in [0.2, 0.25) is 5.75 Å². The molecule has 0 aliphatic carbocycles. The molecule has 7 nitrogen and oxygen atoms in total. The smallest absolute Gasteiger partial charge is 0.270 e. The van der Waals surface area contributed by atoms with Crippen molar-refractivity contribution in [2.24, 2.45) is 5.92 Å². The molecule has 1 N–H and O–H groups in total. The minimum atomic E-state index is -0.465. The molecule has 0 spiro atoms. The molecule has 2 amide bonds. The Hall–Kier alpha value is -2.46. The van der Waals surface area contributed by atoms with Crippen LogP contribution in [0.15, 0.2) is 36.0 Å². The molecule has 9 heteroatoms. The number of hydrogen-bond acceptors (Lipinski definition) is 5. The van der Waals surface area contributed by atoms with E-state index in [1.54, 1.807) is 35.2 Å². The lowest BCUT2D eigenvalue weighted by molar-refractivity contribution is -0.128. The maximum absolute atomic E-state index is 13.5. The number of nitrogens with zero attached hydrogens (tertiary/aromatic N) is 1. The molecule has 0 unspecified atom stereocenters. The molecule has 0 bridgehead atoms. The van der Waals surface area contributed by atoms with Crippen LogP contribution in [0, 0.1) is 9.49 Å². The number of benzene rings is 2. The molecule has 0 aromatic heterocycles. The van der Waals surface area contributed by atoms with Crippen LogP contribution >= 0.6 is 34.2 Å². The zero-order chi connectivity index (χ0) is 24.8. The molecule has 182 valence electrons. The third-order valence-electron chi connectivity index (χ3n) is 5.76. The normalized spacial score (nSPS) is 14.5. The first-order chi connectivity index (χ1) is 16.3. The SMILES string of the molecule is COc1ccc(/C=C(\NC(=O)c2cc(I)ccc2Cl)C(=O)N2CCC(C)CC2)c(OC)c1OC. The highest BCUT2D eigenvalue weighted by molar-refractivity contribution is 14.1. The number of hydrogen-bond donors (Lipinski definition) is 1. The Labute approximate surface area is 218 Å². The van der Waals surface area contributed by atoms with Gasteiger partial charge in [0.05, 0.1) is 31.9 Å². The number of piperidine rings is 1. The van der Waals surface area contributed by atoms with Crippen molar-refractivity contribution in [1.29, 1.82) is 0 Å². The Morgan fingerprint density at radius 2 is 1.74 bits per heavy atom. The van der Waals surface area contributed by atoms with Crippen LogP contribution in [0.25, 0.3) is 6.08 Å². The molecule has 0 atom stereocenters. The Bertz CT molecular complexity index is 1100. The second kappa shape index (κ2) is 11.8. The summed E-state index contributed by atoms with van der Waals surface area (Å²) in [5.74, 6) is 1.10. The van der Waals surface area contributed by atoms with Gasteiger partial charge in [-0.25, -0.2) is 0 Å². The molecule has 1 fully saturated rings. The lowest BCUT2D eigenvalue weighted by atomic mass is 9.99. The van der Waals surface area contributed by atoms with Gasteiger partial charge in [0.15, 0.2) is 11.5 Å². The van der Waals surface area contributed by atoms with E-state index in [0.29, 0.717) is 52.4 Å². The van der Waals surface area contributed by atoms with Crippen LogP contribution in [-0.4, -0.2) is 51.1 Å². The number of halogens is 2. The molecule has 1 heterocycles. The van der Waals surface area contributed by atoms with Gasteiger partial charge in [0.25, 0.3) is 11.8 Å². The van der Waals surface area contributed by atoms with Crippen molar-refractivity contribution in [3.63, 3.8) is 0 Å². The molecular formula is C25H28ClIN2O5. The van der Waals surface area contributed by atoms with Gasteiger partial charge in [0, 0.05) is 22.2 Å². The summed E-state index contributed by atoms with van der Waals surface area (Å²) in [6.07, 6.45) is 3.42. The second-order valence-corrected chi connectivity index (χ2v) is 9.69. The van der Waals surface area contributed by atoms with Crippen LogP contribution in [0.5, 0.6) is 17.2 Å². The average Bonchev–Trinajstić information content (AvgIpc) is 2.84. The molecule has 0 saturated carbocycles. The van der Waals surface area contributed by atoms with E-state index in [-0.39, 0.29) is 11.6 Å². The largest absolute Gasteiger partial charge is 0.493 e. The topological polar surface area (TPSA) is 77.1 Å². The first-order valence-electron chi connectivity index (χ1n) is 10.8. The molecule has 3 rings (SSSR count). The third-order valence-corrected chi connectivity index (χ3v) is 6.76. The Kier molecular flexibility index (Phi) is 9.07. The highest BCUT2D eigenvalue weighted by Gasteiger charge is 2.26. The Morgan fingerprint density at radius 1 is 1.06 bits per heavy atom. The van der Waals surface area contributed by atoms with Crippen molar-refractivity contribution in [3.8, 4) is 17.2 Å². The van der Waals surface area contributed by atoms with E-state index in [1.807, 2.05) is 6.07 Å². The zero-order valence-corrected chi connectivity index (χ0v) is 22.5. The molecule has 1 aliphatic heterocycles. The summed E-state index contributed by atoms with van der Waals surface area (Å²) in [7, 11) is 4.55. The van der Waals surface area contributed by atoms with Gasteiger partial charge in [-0.3, -0.25) is 9.59 Å². The first kappa shape index (κ1) is 26.2. The number of methoxy groups -OCH3 is 3. The number of carbonyl (C=O) groups excluding carboxylic acids is 2. The standard InChI is InChI=1S/C25H28ClIN2O5/c1-15-9-11-29(12-10-15)25(31)20(28-24(30)18-14-17(27)6-7-19(18)26)13-16-5-8-21(32-2)23(34-4)22(16)33-3/h5-8,13-15H,9-12H2,1-4H3,(H,28,30)/b20-13-. The van der Waals surface area contributed by atoms with Crippen LogP contribution < -0.4 is 19.5 Å². The van der Waals surface area contributed by atoms with E-state index in [1.165, 1.54) is 21.3 Å². The fourth-order valence-electron chi connectivity index (χ4n) is 3.79. The highest BCUT2D eigenvalue weighted by Crippen LogP contribution is 2.40. The van der Waals surface area contributed by atoms with Gasteiger partial charge in [0.1, 0.15) is 5.70 Å². The molecular weight excluding hydrogens is 571 g/mol. The fraction of sp³-hybridized carbons (Fsp3) is 0.360. The molecule has 1 saturated heterocycles. The van der Waals surface area contributed by atoms with E-state index in [9.17, 15) is 9.59 Å². The van der Waals surface area contributed by atoms with Gasteiger partial charge < -0.3 is 24.4 Å². The van der Waals surface area contributed by atoms with Crippen molar-refractivity contribution in [2.45, 2.75) is 19.8 Å². The number of amides is 2. The average molecular weight is 599 g/mol. The lowest BCUT2D eigenvalue weighted by Gasteiger charge is -2.31. The summed E-state index contributed by atoms with van der Waals surface area (Å²) < 4.78 is 17.2. The molecule has 0 radical (unpaired) electrons. The van der Waals surface area contributed by atoms with E-state index in [4.69, 9.17) is 25.8 Å². The highest BCUT2D eigenvalue weighted by atomic mass is 127. The van der Waals surface area contributed by atoms with Crippen molar-refractivity contribution in [2.75, 3.05) is 34.4 Å². The quantitative estimate of drug-likeness (QED) is 0.359. The number of nitrogens with one attached hydrogen (secondary N) is 1. The minimum Gasteiger partial charge on any atom is -0.493 e. The van der Waals surface area contributed by atoms with Gasteiger partial charge in [-0.2, -0.15) is 0 Å². The van der Waals surface area contributed by atoms with Crippen molar-refractivity contribution >= 4 is 52.1 Å². The Balaban J connectivity index is 2.04. The number of likely N-dealkylation sites (tertiary alicyclic amines) is 1. The number of ether oxygens (including phenoxy) is 3. The van der Waals surface area contributed by atoms with Gasteiger partial charge in [-0.1, -0.05) is 18.5 Å². The fourth-order valence-corrected chi connectivity index (χ4v) is 4.48. The third kappa shape index (κ3) is 5.96. The Morgan fingerprint density at radius 3 is 2.35 bits per heavy atom. The van der Waals surface area contributed by atoms with Crippen molar-refractivity contribution in [1.82, 2.24) is 10.2 Å². The second-order valence-electron chi connectivity index (χ2n) is 8.03. The van der Waals surface area contributed by atoms with Gasteiger partial charge in [-0.05, 0) is 77.8 Å². The van der Waals surface area contributed by atoms with E-state index in [0.717, 1.165) is 16.4 Å². The van der Waals surface area contributed by atoms with Crippen LogP contribution in [0.2, 0.25) is 5.02 Å². The number of carbonyl (C=O) groups is 2. The van der Waals surface area contributed by atoms with Gasteiger partial charge in [-0.15, -0.1) is 0 Å². The summed E-state index contributed by atoms with van der Waals surface area (Å²) in [6.45, 7) is 3.43. The maximum atomic E-state index is 13.5. The van der Waals surface area contributed by atoms with Crippen LogP contribution in [0.4, 0.5) is 0 Å². The molecule has 2 aromatic rings. The first-order valence-corrected chi connectivity index (χ1v) is 12.3. The zero-order valence-electron chi connectivity index (χ0n) is 19.6. The molecule has 34 heavy (non-hydrogen) atoms. The summed E-state index contributed by atoms with van der Waals surface area (Å²) in [5.41, 5.74) is 0.974. The predicted molar refractivity (Wildman–Crippen MR) is 141 cm³/mol. The lowest BCUT2D eigenvalue weighted by Crippen LogP contribution is -2.42. The van der Waals surface area contributed by atoms with E-state index in [2.05, 4.69) is 34.8 Å². The summed E-state index contributed by atoms with van der Waals surface area (Å²) in [6, 6.07) is 8.62. The van der Waals surface area contributed by atoms with Crippen LogP contribution in [0.1, 0.15) is 35.7 Å². The van der Waals surface area contributed by atoms with Crippen molar-refractivity contribution in [3.05, 3.63) is 55.7 Å². The number of rotatable bonds is 7. The predicted octanol–water partition coefficient (Wildman–Crippen LogP) is 5.00. The van der Waals surface area contributed by atoms with Crippen LogP contribution in [0.3, 0.4) is 0 Å². The van der Waals surface area contributed by atoms with Crippen molar-refractivity contribution < 1.29 is 23.8 Å². The summed E-state index contributed by atoms with van der Waals surface area (Å²) in [4.78, 5) is 28.4. The summed E-state index contributed by atoms with van der Waals surface area (Å²) >= 11 is 8.38. The summed E-state index contributed by atoms with van der Waals surface area (Å²) in [5, 5.41) is 3.10. The van der Waals surface area contributed by atoms with E-state index < -0.39 is 5.91 Å². The molecule has 2 aromatic carbocycles.